The molecular formula is C17H25NO2. The summed E-state index contributed by atoms with van der Waals surface area (Å²) in [4.78, 5) is 17.2. The van der Waals surface area contributed by atoms with Gasteiger partial charge in [0, 0.05) is 5.69 Å². The molecule has 0 saturated heterocycles. The lowest BCUT2D eigenvalue weighted by Gasteiger charge is -2.38. The van der Waals surface area contributed by atoms with Gasteiger partial charge >= 0.3 is 5.97 Å². The Morgan fingerprint density at radius 1 is 1.45 bits per heavy atom. The standard InChI is InChI=1S/C17H25NO2/c1-6-13-11(3)10-12-8-9-17(4,5)14(15(12)18-13)16(19)20-7-2/h10,14H,6-9H2,1-5H3. The molecule has 2 rings (SSSR count). The van der Waals surface area contributed by atoms with Crippen LogP contribution < -0.4 is 0 Å². The summed E-state index contributed by atoms with van der Waals surface area (Å²) in [6.45, 7) is 10.8. The van der Waals surface area contributed by atoms with Crippen LogP contribution in [0.2, 0.25) is 0 Å². The summed E-state index contributed by atoms with van der Waals surface area (Å²) in [7, 11) is 0. The summed E-state index contributed by atoms with van der Waals surface area (Å²) in [5, 5.41) is 0. The molecule has 1 aromatic rings. The van der Waals surface area contributed by atoms with E-state index in [0.717, 1.165) is 30.7 Å². The predicted molar refractivity (Wildman–Crippen MR) is 79.8 cm³/mol. The number of fused-ring (bicyclic) bond motifs is 1. The number of ether oxygens (including phenoxy) is 1. The van der Waals surface area contributed by atoms with E-state index in [4.69, 9.17) is 9.72 Å². The summed E-state index contributed by atoms with van der Waals surface area (Å²) in [6, 6.07) is 2.21. The van der Waals surface area contributed by atoms with Crippen LogP contribution in [0.25, 0.3) is 0 Å². The van der Waals surface area contributed by atoms with Crippen molar-refractivity contribution in [2.75, 3.05) is 6.61 Å². The molecule has 110 valence electrons. The molecule has 1 aromatic heterocycles. The van der Waals surface area contributed by atoms with Gasteiger partial charge in [-0.05, 0) is 49.7 Å². The summed E-state index contributed by atoms with van der Waals surface area (Å²) in [6.07, 6.45) is 2.89. The fourth-order valence-electron chi connectivity index (χ4n) is 3.16. The Morgan fingerprint density at radius 2 is 2.15 bits per heavy atom. The van der Waals surface area contributed by atoms with Crippen molar-refractivity contribution in [3.63, 3.8) is 0 Å². The molecule has 0 N–H and O–H groups in total. The van der Waals surface area contributed by atoms with Crippen LogP contribution in [0, 0.1) is 12.3 Å². The molecule has 0 spiro atoms. The molecule has 0 saturated carbocycles. The average molecular weight is 275 g/mol. The second-order valence-corrected chi connectivity index (χ2v) is 6.32. The highest BCUT2D eigenvalue weighted by molar-refractivity contribution is 5.79. The van der Waals surface area contributed by atoms with E-state index in [9.17, 15) is 4.79 Å². The van der Waals surface area contributed by atoms with E-state index in [1.807, 2.05) is 6.92 Å². The van der Waals surface area contributed by atoms with Gasteiger partial charge in [-0.3, -0.25) is 9.78 Å². The number of hydrogen-bond acceptors (Lipinski definition) is 3. The first-order valence-electron chi connectivity index (χ1n) is 7.56. The van der Waals surface area contributed by atoms with Crippen molar-refractivity contribution in [1.29, 1.82) is 0 Å². The fraction of sp³-hybridized carbons (Fsp3) is 0.647. The third-order valence-electron chi connectivity index (χ3n) is 4.38. The van der Waals surface area contributed by atoms with Crippen molar-refractivity contribution in [1.82, 2.24) is 4.98 Å². The third kappa shape index (κ3) is 2.58. The van der Waals surface area contributed by atoms with Crippen molar-refractivity contribution in [3.8, 4) is 0 Å². The Hall–Kier alpha value is -1.38. The van der Waals surface area contributed by atoms with Crippen LogP contribution in [-0.4, -0.2) is 17.6 Å². The number of carbonyl (C=O) groups is 1. The third-order valence-corrected chi connectivity index (χ3v) is 4.38. The Kier molecular flexibility index (Phi) is 4.17. The molecule has 0 amide bonds. The second kappa shape index (κ2) is 5.55. The van der Waals surface area contributed by atoms with E-state index in [0.29, 0.717) is 6.61 Å². The molecule has 0 aliphatic heterocycles. The molecule has 20 heavy (non-hydrogen) atoms. The van der Waals surface area contributed by atoms with E-state index < -0.39 is 0 Å². The van der Waals surface area contributed by atoms with E-state index in [2.05, 4.69) is 33.8 Å². The summed E-state index contributed by atoms with van der Waals surface area (Å²) < 4.78 is 5.30. The number of aryl methyl sites for hydroxylation is 3. The van der Waals surface area contributed by atoms with Gasteiger partial charge in [0.2, 0.25) is 0 Å². The van der Waals surface area contributed by atoms with Crippen molar-refractivity contribution < 1.29 is 9.53 Å². The molecule has 3 heteroatoms. The molecule has 1 atom stereocenters. The minimum absolute atomic E-state index is 0.0908. The molecule has 1 aliphatic rings. The zero-order chi connectivity index (χ0) is 14.9. The first-order chi connectivity index (χ1) is 9.40. The first-order valence-corrected chi connectivity index (χ1v) is 7.56. The zero-order valence-corrected chi connectivity index (χ0v) is 13.2. The van der Waals surface area contributed by atoms with Gasteiger partial charge in [-0.25, -0.2) is 0 Å². The maximum atomic E-state index is 12.4. The monoisotopic (exact) mass is 275 g/mol. The molecule has 3 nitrogen and oxygen atoms in total. The number of pyridine rings is 1. The number of nitrogens with zero attached hydrogens (tertiary/aromatic N) is 1. The number of aromatic nitrogens is 1. The smallest absolute Gasteiger partial charge is 0.315 e. The van der Waals surface area contributed by atoms with Crippen molar-refractivity contribution in [2.24, 2.45) is 5.41 Å². The fourth-order valence-corrected chi connectivity index (χ4v) is 3.16. The molecule has 0 bridgehead atoms. The largest absolute Gasteiger partial charge is 0.465 e. The lowest BCUT2D eigenvalue weighted by atomic mass is 9.68. The van der Waals surface area contributed by atoms with Gasteiger partial charge in [-0.15, -0.1) is 0 Å². The Morgan fingerprint density at radius 3 is 2.75 bits per heavy atom. The van der Waals surface area contributed by atoms with Gasteiger partial charge in [0.1, 0.15) is 5.92 Å². The Labute approximate surface area is 121 Å². The maximum Gasteiger partial charge on any atom is 0.315 e. The highest BCUT2D eigenvalue weighted by atomic mass is 16.5. The van der Waals surface area contributed by atoms with Crippen LogP contribution in [0.1, 0.15) is 62.5 Å². The van der Waals surface area contributed by atoms with Crippen LogP contribution in [-0.2, 0) is 22.4 Å². The average Bonchev–Trinajstić information content (AvgIpc) is 2.38. The molecule has 1 unspecified atom stereocenters. The topological polar surface area (TPSA) is 39.2 Å². The van der Waals surface area contributed by atoms with Crippen molar-refractivity contribution >= 4 is 5.97 Å². The van der Waals surface area contributed by atoms with Crippen molar-refractivity contribution in [2.45, 2.75) is 59.8 Å². The lowest BCUT2D eigenvalue weighted by Crippen LogP contribution is -2.36. The first kappa shape index (κ1) is 15.0. The van der Waals surface area contributed by atoms with Crippen LogP contribution in [0.3, 0.4) is 0 Å². The van der Waals surface area contributed by atoms with Gasteiger partial charge in [-0.1, -0.05) is 26.8 Å². The van der Waals surface area contributed by atoms with Crippen LogP contribution in [0.4, 0.5) is 0 Å². The van der Waals surface area contributed by atoms with E-state index in [1.165, 1.54) is 11.1 Å². The Bertz CT molecular complexity index is 520. The summed E-state index contributed by atoms with van der Waals surface area (Å²) in [5.41, 5.74) is 4.40. The van der Waals surface area contributed by atoms with Crippen LogP contribution in [0.5, 0.6) is 0 Å². The second-order valence-electron chi connectivity index (χ2n) is 6.32. The highest BCUT2D eigenvalue weighted by Crippen LogP contribution is 2.45. The molecular weight excluding hydrogens is 250 g/mol. The lowest BCUT2D eigenvalue weighted by molar-refractivity contribution is -0.148. The SMILES string of the molecule is CCOC(=O)C1c2nc(CC)c(C)cc2CCC1(C)C. The molecule has 0 aromatic carbocycles. The predicted octanol–water partition coefficient (Wildman–Crippen LogP) is 3.57. The number of hydrogen-bond donors (Lipinski definition) is 0. The van der Waals surface area contributed by atoms with Gasteiger partial charge in [-0.2, -0.15) is 0 Å². The highest BCUT2D eigenvalue weighted by Gasteiger charge is 2.43. The van der Waals surface area contributed by atoms with Crippen LogP contribution in [0.15, 0.2) is 6.07 Å². The normalized spacial score (nSPS) is 20.4. The quantitative estimate of drug-likeness (QED) is 0.792. The molecule has 1 heterocycles. The van der Waals surface area contributed by atoms with E-state index in [-0.39, 0.29) is 17.3 Å². The van der Waals surface area contributed by atoms with Gasteiger partial charge < -0.3 is 4.74 Å². The van der Waals surface area contributed by atoms with Gasteiger partial charge in [0.25, 0.3) is 0 Å². The number of carbonyl (C=O) groups excluding carboxylic acids is 1. The number of rotatable bonds is 3. The Balaban J connectivity index is 2.52. The maximum absolute atomic E-state index is 12.4. The minimum Gasteiger partial charge on any atom is -0.465 e. The van der Waals surface area contributed by atoms with Crippen molar-refractivity contribution in [3.05, 3.63) is 28.6 Å². The van der Waals surface area contributed by atoms with E-state index >= 15 is 0 Å². The minimum atomic E-state index is -0.239. The molecule has 0 radical (unpaired) electrons. The number of esters is 1. The van der Waals surface area contributed by atoms with E-state index in [1.54, 1.807) is 0 Å². The van der Waals surface area contributed by atoms with Gasteiger partial charge in [0.15, 0.2) is 0 Å². The van der Waals surface area contributed by atoms with Gasteiger partial charge in [0.05, 0.1) is 12.3 Å². The zero-order valence-electron chi connectivity index (χ0n) is 13.2. The van der Waals surface area contributed by atoms with Crippen LogP contribution >= 0.6 is 0 Å². The summed E-state index contributed by atoms with van der Waals surface area (Å²) >= 11 is 0. The molecule has 1 aliphatic carbocycles. The molecule has 0 fully saturated rings. The summed E-state index contributed by atoms with van der Waals surface area (Å²) in [5.74, 6) is -0.367.